The van der Waals surface area contributed by atoms with Crippen molar-refractivity contribution in [1.29, 1.82) is 0 Å². The van der Waals surface area contributed by atoms with Gasteiger partial charge in [0.25, 0.3) is 0 Å². The number of carbonyl (C=O) groups is 3. The van der Waals surface area contributed by atoms with Crippen molar-refractivity contribution in [3.63, 3.8) is 0 Å². The molecule has 1 aliphatic heterocycles. The molecule has 1 unspecified atom stereocenters. The SMILES string of the molecule is CC(C)Cc1ccc(C(=O)C2CCN(C(C)C(=O)NC(N)=O)CC2)cc1. The molecule has 6 nitrogen and oxygen atoms in total. The molecule has 0 saturated carbocycles. The van der Waals surface area contributed by atoms with Gasteiger partial charge in [0.15, 0.2) is 5.78 Å². The van der Waals surface area contributed by atoms with Crippen LogP contribution in [0.3, 0.4) is 0 Å². The van der Waals surface area contributed by atoms with Gasteiger partial charge < -0.3 is 5.73 Å². The van der Waals surface area contributed by atoms with Crippen molar-refractivity contribution in [1.82, 2.24) is 10.2 Å². The van der Waals surface area contributed by atoms with Crippen LogP contribution in [-0.2, 0) is 11.2 Å². The van der Waals surface area contributed by atoms with Crippen LogP contribution in [0.1, 0.15) is 49.5 Å². The Morgan fingerprint density at radius 3 is 2.19 bits per heavy atom. The molecule has 0 aliphatic carbocycles. The van der Waals surface area contributed by atoms with Crippen LogP contribution in [-0.4, -0.2) is 41.8 Å². The van der Waals surface area contributed by atoms with Crippen molar-refractivity contribution in [2.75, 3.05) is 13.1 Å². The lowest BCUT2D eigenvalue weighted by atomic mass is 9.88. The fraction of sp³-hybridized carbons (Fsp3) is 0.550. The summed E-state index contributed by atoms with van der Waals surface area (Å²) >= 11 is 0. The number of ketones is 1. The Hall–Kier alpha value is -2.21. The lowest BCUT2D eigenvalue weighted by molar-refractivity contribution is -0.125. The van der Waals surface area contributed by atoms with Crippen molar-refractivity contribution in [2.24, 2.45) is 17.6 Å². The van der Waals surface area contributed by atoms with E-state index >= 15 is 0 Å². The predicted octanol–water partition coefficient (Wildman–Crippen LogP) is 2.36. The van der Waals surface area contributed by atoms with Gasteiger partial charge in [0.1, 0.15) is 0 Å². The number of amides is 3. The number of imide groups is 1. The predicted molar refractivity (Wildman–Crippen MR) is 101 cm³/mol. The van der Waals surface area contributed by atoms with E-state index in [-0.39, 0.29) is 11.7 Å². The topological polar surface area (TPSA) is 92.5 Å². The van der Waals surface area contributed by atoms with E-state index in [4.69, 9.17) is 5.73 Å². The molecule has 1 heterocycles. The van der Waals surface area contributed by atoms with Crippen LogP contribution in [0, 0.1) is 11.8 Å². The van der Waals surface area contributed by atoms with Crippen LogP contribution in [0.2, 0.25) is 0 Å². The standard InChI is InChI=1S/C20H29N3O3/c1-13(2)12-15-4-6-16(7-5-15)18(24)17-8-10-23(11-9-17)14(3)19(25)22-20(21)26/h4-7,13-14,17H,8-12H2,1-3H3,(H3,21,22,25,26). The van der Waals surface area contributed by atoms with Crippen molar-refractivity contribution < 1.29 is 14.4 Å². The van der Waals surface area contributed by atoms with E-state index in [0.29, 0.717) is 31.8 Å². The summed E-state index contributed by atoms with van der Waals surface area (Å²) in [5, 5.41) is 2.11. The Kier molecular flexibility index (Phi) is 6.91. The number of nitrogens with one attached hydrogen (secondary N) is 1. The van der Waals surface area contributed by atoms with Gasteiger partial charge in [-0.25, -0.2) is 4.79 Å². The minimum Gasteiger partial charge on any atom is -0.351 e. The number of likely N-dealkylation sites (tertiary alicyclic amines) is 1. The first-order chi connectivity index (χ1) is 12.3. The molecule has 1 saturated heterocycles. The Morgan fingerprint density at radius 2 is 1.69 bits per heavy atom. The molecule has 1 aliphatic rings. The summed E-state index contributed by atoms with van der Waals surface area (Å²) < 4.78 is 0. The fourth-order valence-electron chi connectivity index (χ4n) is 3.45. The Morgan fingerprint density at radius 1 is 1.12 bits per heavy atom. The third-order valence-electron chi connectivity index (χ3n) is 4.96. The van der Waals surface area contributed by atoms with E-state index in [0.717, 1.165) is 12.0 Å². The fourth-order valence-corrected chi connectivity index (χ4v) is 3.45. The van der Waals surface area contributed by atoms with Crippen LogP contribution in [0.4, 0.5) is 4.79 Å². The highest BCUT2D eigenvalue weighted by Crippen LogP contribution is 2.23. The molecular formula is C20H29N3O3. The second kappa shape index (κ2) is 8.94. The zero-order valence-electron chi connectivity index (χ0n) is 15.8. The Labute approximate surface area is 155 Å². The van der Waals surface area contributed by atoms with Gasteiger partial charge in [0.2, 0.25) is 5.91 Å². The van der Waals surface area contributed by atoms with Gasteiger partial charge >= 0.3 is 6.03 Å². The first-order valence-electron chi connectivity index (χ1n) is 9.25. The summed E-state index contributed by atoms with van der Waals surface area (Å²) in [6.07, 6.45) is 2.43. The van der Waals surface area contributed by atoms with Crippen LogP contribution in [0.25, 0.3) is 0 Å². The highest BCUT2D eigenvalue weighted by atomic mass is 16.2. The Balaban J connectivity index is 1.89. The molecule has 1 atom stereocenters. The number of rotatable bonds is 6. The largest absolute Gasteiger partial charge is 0.351 e. The molecule has 1 aromatic carbocycles. The molecule has 2 rings (SSSR count). The smallest absolute Gasteiger partial charge is 0.318 e. The highest BCUT2D eigenvalue weighted by molar-refractivity contribution is 5.98. The maximum Gasteiger partial charge on any atom is 0.318 e. The first-order valence-corrected chi connectivity index (χ1v) is 9.25. The van der Waals surface area contributed by atoms with Crippen LogP contribution < -0.4 is 11.1 Å². The molecule has 26 heavy (non-hydrogen) atoms. The molecule has 1 fully saturated rings. The molecule has 3 N–H and O–H groups in total. The normalized spacial score (nSPS) is 17.1. The molecule has 0 aromatic heterocycles. The number of hydrogen-bond donors (Lipinski definition) is 2. The van der Waals surface area contributed by atoms with E-state index in [9.17, 15) is 14.4 Å². The maximum atomic E-state index is 12.7. The molecule has 3 amide bonds. The molecule has 142 valence electrons. The van der Waals surface area contributed by atoms with Crippen molar-refractivity contribution >= 4 is 17.7 Å². The van der Waals surface area contributed by atoms with E-state index in [2.05, 4.69) is 19.2 Å². The third kappa shape index (κ3) is 5.39. The Bertz CT molecular complexity index is 647. The van der Waals surface area contributed by atoms with Crippen LogP contribution >= 0.6 is 0 Å². The number of nitrogens with zero attached hydrogens (tertiary/aromatic N) is 1. The number of hydrogen-bond acceptors (Lipinski definition) is 4. The second-order valence-corrected chi connectivity index (χ2v) is 7.50. The number of carbonyl (C=O) groups excluding carboxylic acids is 3. The maximum absolute atomic E-state index is 12.7. The van der Waals surface area contributed by atoms with Gasteiger partial charge in [-0.1, -0.05) is 38.1 Å². The van der Waals surface area contributed by atoms with Gasteiger partial charge in [0.05, 0.1) is 6.04 Å². The van der Waals surface area contributed by atoms with Gasteiger partial charge in [-0.15, -0.1) is 0 Å². The monoisotopic (exact) mass is 359 g/mol. The quantitative estimate of drug-likeness (QED) is 0.763. The summed E-state index contributed by atoms with van der Waals surface area (Å²) in [6, 6.07) is 6.66. The minimum atomic E-state index is -0.840. The van der Waals surface area contributed by atoms with E-state index in [1.807, 2.05) is 29.2 Å². The van der Waals surface area contributed by atoms with Gasteiger partial charge in [-0.05, 0) is 50.8 Å². The number of primary amides is 1. The summed E-state index contributed by atoms with van der Waals surface area (Å²) in [5.74, 6) is 0.348. The second-order valence-electron chi connectivity index (χ2n) is 7.50. The molecule has 0 spiro atoms. The highest BCUT2D eigenvalue weighted by Gasteiger charge is 2.30. The summed E-state index contributed by atoms with van der Waals surface area (Å²) in [5.41, 5.74) is 7.00. The zero-order valence-corrected chi connectivity index (χ0v) is 15.8. The lowest BCUT2D eigenvalue weighted by Gasteiger charge is -2.34. The van der Waals surface area contributed by atoms with Crippen LogP contribution in [0.5, 0.6) is 0 Å². The van der Waals surface area contributed by atoms with Gasteiger partial charge in [0, 0.05) is 11.5 Å². The van der Waals surface area contributed by atoms with Crippen molar-refractivity contribution in [3.8, 4) is 0 Å². The summed E-state index contributed by atoms with van der Waals surface area (Å²) in [7, 11) is 0. The number of piperidine rings is 1. The zero-order chi connectivity index (χ0) is 19.3. The third-order valence-corrected chi connectivity index (χ3v) is 4.96. The molecule has 0 bridgehead atoms. The lowest BCUT2D eigenvalue weighted by Crippen LogP contribution is -2.51. The number of urea groups is 1. The van der Waals surface area contributed by atoms with E-state index in [1.165, 1.54) is 5.56 Å². The first kappa shape index (κ1) is 20.1. The number of nitrogens with two attached hydrogens (primary N) is 1. The van der Waals surface area contributed by atoms with Crippen molar-refractivity contribution in [3.05, 3.63) is 35.4 Å². The average molecular weight is 359 g/mol. The average Bonchev–Trinajstić information content (AvgIpc) is 2.60. The minimum absolute atomic E-state index is 0.0198. The van der Waals surface area contributed by atoms with Gasteiger partial charge in [-0.2, -0.15) is 0 Å². The molecule has 1 aromatic rings. The molecule has 0 radical (unpaired) electrons. The van der Waals surface area contributed by atoms with Crippen molar-refractivity contribution in [2.45, 2.75) is 46.1 Å². The van der Waals surface area contributed by atoms with E-state index < -0.39 is 18.0 Å². The molecular weight excluding hydrogens is 330 g/mol. The number of benzene rings is 1. The van der Waals surface area contributed by atoms with Gasteiger partial charge in [-0.3, -0.25) is 19.8 Å². The van der Waals surface area contributed by atoms with Crippen LogP contribution in [0.15, 0.2) is 24.3 Å². The number of Topliss-reactive ketones (excluding diaryl/α,β-unsaturated/α-hetero) is 1. The summed E-state index contributed by atoms with van der Waals surface area (Å²) in [6.45, 7) is 7.40. The molecule has 6 heteroatoms. The summed E-state index contributed by atoms with van der Waals surface area (Å²) in [4.78, 5) is 37.4. The van der Waals surface area contributed by atoms with E-state index in [1.54, 1.807) is 6.92 Å².